The zero-order valence-corrected chi connectivity index (χ0v) is 11.1. The van der Waals surface area contributed by atoms with Gasteiger partial charge in [0.1, 0.15) is 0 Å². The van der Waals surface area contributed by atoms with E-state index in [2.05, 4.69) is 26.7 Å². The highest BCUT2D eigenvalue weighted by atomic mass is 79.9. The first-order chi connectivity index (χ1) is 7.77. The number of aryl methyl sites for hydroxylation is 1. The molecule has 88 valence electrons. The second kappa shape index (κ2) is 7.44. The summed E-state index contributed by atoms with van der Waals surface area (Å²) in [5, 5.41) is 1.06. The summed E-state index contributed by atoms with van der Waals surface area (Å²) >= 11 is 3.41. The quantitative estimate of drug-likeness (QED) is 0.453. The van der Waals surface area contributed by atoms with E-state index in [0.29, 0.717) is 5.56 Å². The third kappa shape index (κ3) is 4.35. The third-order valence-corrected chi connectivity index (χ3v) is 3.01. The van der Waals surface area contributed by atoms with Crippen LogP contribution in [0.3, 0.4) is 0 Å². The second-order valence-corrected chi connectivity index (χ2v) is 4.48. The first kappa shape index (κ1) is 13.2. The second-order valence-electron chi connectivity index (χ2n) is 3.69. The van der Waals surface area contributed by atoms with Gasteiger partial charge in [-0.3, -0.25) is 0 Å². The van der Waals surface area contributed by atoms with Crippen LogP contribution in [0, 0.1) is 0 Å². The largest absolute Gasteiger partial charge is 0.465 e. The lowest BCUT2D eigenvalue weighted by atomic mass is 10.0. The predicted octanol–water partition coefficient (Wildman–Crippen LogP) is 3.58. The number of rotatable bonds is 6. The van der Waals surface area contributed by atoms with Gasteiger partial charge in [0.25, 0.3) is 0 Å². The van der Waals surface area contributed by atoms with Crippen LogP contribution in [0.5, 0.6) is 0 Å². The van der Waals surface area contributed by atoms with Crippen LogP contribution in [-0.2, 0) is 11.2 Å². The average molecular weight is 285 g/mol. The lowest BCUT2D eigenvalue weighted by molar-refractivity contribution is 0.0600. The number of unbranched alkanes of at least 4 members (excludes halogenated alkanes) is 2. The van der Waals surface area contributed by atoms with Gasteiger partial charge in [-0.25, -0.2) is 4.79 Å². The lowest BCUT2D eigenvalue weighted by Gasteiger charge is -2.03. The molecule has 0 radical (unpaired) electrons. The van der Waals surface area contributed by atoms with Gasteiger partial charge in [-0.15, -0.1) is 0 Å². The number of ether oxygens (including phenoxy) is 1. The van der Waals surface area contributed by atoms with Crippen molar-refractivity contribution in [3.63, 3.8) is 0 Å². The molecule has 3 heteroatoms. The van der Waals surface area contributed by atoms with Crippen molar-refractivity contribution in [1.29, 1.82) is 0 Å². The summed E-state index contributed by atoms with van der Waals surface area (Å²) in [6.07, 6.45) is 4.61. The molecular formula is C13H17BrO2. The van der Waals surface area contributed by atoms with Gasteiger partial charge in [-0.1, -0.05) is 34.5 Å². The Kier molecular flexibility index (Phi) is 6.16. The SMILES string of the molecule is COC(=O)c1cccc(CCCCCBr)c1. The molecule has 0 N–H and O–H groups in total. The van der Waals surface area contributed by atoms with Gasteiger partial charge in [0.15, 0.2) is 0 Å². The Balaban J connectivity index is 2.50. The van der Waals surface area contributed by atoms with E-state index in [9.17, 15) is 4.79 Å². The van der Waals surface area contributed by atoms with E-state index >= 15 is 0 Å². The third-order valence-electron chi connectivity index (χ3n) is 2.45. The molecule has 0 saturated carbocycles. The Labute approximate surface area is 105 Å². The van der Waals surface area contributed by atoms with Crippen LogP contribution in [0.1, 0.15) is 35.2 Å². The summed E-state index contributed by atoms with van der Waals surface area (Å²) in [6, 6.07) is 7.67. The van der Waals surface area contributed by atoms with Crippen LogP contribution in [-0.4, -0.2) is 18.4 Å². The Bertz CT molecular complexity index is 336. The standard InChI is InChI=1S/C13H17BrO2/c1-16-13(15)12-8-5-7-11(10-12)6-3-2-4-9-14/h5,7-8,10H,2-4,6,9H2,1H3. The van der Waals surface area contributed by atoms with E-state index in [0.717, 1.165) is 18.2 Å². The molecule has 0 unspecified atom stereocenters. The Morgan fingerprint density at radius 1 is 1.31 bits per heavy atom. The van der Waals surface area contributed by atoms with Crippen molar-refractivity contribution in [2.75, 3.05) is 12.4 Å². The molecule has 0 aromatic heterocycles. The molecule has 1 aromatic rings. The van der Waals surface area contributed by atoms with E-state index in [1.165, 1.54) is 25.5 Å². The zero-order valence-electron chi connectivity index (χ0n) is 9.54. The smallest absolute Gasteiger partial charge is 0.337 e. The van der Waals surface area contributed by atoms with Crippen LogP contribution in [0.2, 0.25) is 0 Å². The van der Waals surface area contributed by atoms with Crippen molar-refractivity contribution in [2.45, 2.75) is 25.7 Å². The van der Waals surface area contributed by atoms with Crippen molar-refractivity contribution < 1.29 is 9.53 Å². The highest BCUT2D eigenvalue weighted by Crippen LogP contribution is 2.11. The van der Waals surface area contributed by atoms with Crippen LogP contribution in [0.15, 0.2) is 24.3 Å². The summed E-state index contributed by atoms with van der Waals surface area (Å²) in [5.74, 6) is -0.262. The van der Waals surface area contributed by atoms with E-state index in [1.54, 1.807) is 6.07 Å². The van der Waals surface area contributed by atoms with Gasteiger partial charge in [-0.2, -0.15) is 0 Å². The molecule has 0 atom stereocenters. The number of hydrogen-bond acceptors (Lipinski definition) is 2. The van der Waals surface area contributed by atoms with Gasteiger partial charge in [0.05, 0.1) is 12.7 Å². The molecule has 0 amide bonds. The number of benzene rings is 1. The molecule has 1 rings (SSSR count). The molecule has 0 spiro atoms. The molecule has 0 bridgehead atoms. The summed E-state index contributed by atoms with van der Waals surface area (Å²) in [6.45, 7) is 0. The molecule has 0 heterocycles. The summed E-state index contributed by atoms with van der Waals surface area (Å²) < 4.78 is 4.69. The van der Waals surface area contributed by atoms with Crippen molar-refractivity contribution in [2.24, 2.45) is 0 Å². The van der Waals surface area contributed by atoms with E-state index in [-0.39, 0.29) is 5.97 Å². The van der Waals surface area contributed by atoms with Crippen molar-refractivity contribution in [3.8, 4) is 0 Å². The minimum atomic E-state index is -0.262. The zero-order chi connectivity index (χ0) is 11.8. The first-order valence-electron chi connectivity index (χ1n) is 5.51. The molecule has 0 fully saturated rings. The number of alkyl halides is 1. The van der Waals surface area contributed by atoms with E-state index in [1.807, 2.05) is 12.1 Å². The molecule has 16 heavy (non-hydrogen) atoms. The fourth-order valence-electron chi connectivity index (χ4n) is 1.57. The topological polar surface area (TPSA) is 26.3 Å². The Morgan fingerprint density at radius 3 is 2.81 bits per heavy atom. The van der Waals surface area contributed by atoms with Crippen LogP contribution in [0.25, 0.3) is 0 Å². The van der Waals surface area contributed by atoms with Crippen LogP contribution in [0.4, 0.5) is 0 Å². The normalized spacial score (nSPS) is 10.1. The van der Waals surface area contributed by atoms with E-state index < -0.39 is 0 Å². The number of methoxy groups -OCH3 is 1. The molecule has 2 nitrogen and oxygen atoms in total. The van der Waals surface area contributed by atoms with Gasteiger partial charge in [0.2, 0.25) is 0 Å². The summed E-state index contributed by atoms with van der Waals surface area (Å²) in [7, 11) is 1.41. The predicted molar refractivity (Wildman–Crippen MR) is 69.1 cm³/mol. The van der Waals surface area contributed by atoms with Crippen molar-refractivity contribution >= 4 is 21.9 Å². The lowest BCUT2D eigenvalue weighted by Crippen LogP contribution is -2.01. The summed E-state index contributed by atoms with van der Waals surface area (Å²) in [5.41, 5.74) is 1.85. The van der Waals surface area contributed by atoms with Gasteiger partial charge in [-0.05, 0) is 37.0 Å². The maximum atomic E-state index is 11.3. The number of carbonyl (C=O) groups is 1. The fourth-order valence-corrected chi connectivity index (χ4v) is 1.97. The Morgan fingerprint density at radius 2 is 2.12 bits per heavy atom. The number of carbonyl (C=O) groups excluding carboxylic acids is 1. The number of hydrogen-bond donors (Lipinski definition) is 0. The maximum Gasteiger partial charge on any atom is 0.337 e. The molecule has 0 aliphatic heterocycles. The number of esters is 1. The van der Waals surface area contributed by atoms with Crippen LogP contribution < -0.4 is 0 Å². The number of halogens is 1. The molecule has 1 aromatic carbocycles. The monoisotopic (exact) mass is 284 g/mol. The van der Waals surface area contributed by atoms with Gasteiger partial charge in [0, 0.05) is 5.33 Å². The van der Waals surface area contributed by atoms with Crippen molar-refractivity contribution in [3.05, 3.63) is 35.4 Å². The maximum absolute atomic E-state index is 11.3. The van der Waals surface area contributed by atoms with Crippen molar-refractivity contribution in [1.82, 2.24) is 0 Å². The molecule has 0 aliphatic rings. The molecular weight excluding hydrogens is 268 g/mol. The molecule has 0 saturated heterocycles. The minimum absolute atomic E-state index is 0.262. The van der Waals surface area contributed by atoms with Crippen LogP contribution >= 0.6 is 15.9 Å². The first-order valence-corrected chi connectivity index (χ1v) is 6.63. The van der Waals surface area contributed by atoms with Gasteiger partial charge < -0.3 is 4.74 Å². The van der Waals surface area contributed by atoms with E-state index in [4.69, 9.17) is 0 Å². The average Bonchev–Trinajstić information content (AvgIpc) is 2.34. The Hall–Kier alpha value is -0.830. The fraction of sp³-hybridized carbons (Fsp3) is 0.462. The highest BCUT2D eigenvalue weighted by Gasteiger charge is 2.04. The summed E-state index contributed by atoms with van der Waals surface area (Å²) in [4.78, 5) is 11.3. The highest BCUT2D eigenvalue weighted by molar-refractivity contribution is 9.09. The minimum Gasteiger partial charge on any atom is -0.465 e. The van der Waals surface area contributed by atoms with Gasteiger partial charge >= 0.3 is 5.97 Å². The molecule has 0 aliphatic carbocycles.